The highest BCUT2D eigenvalue weighted by Gasteiger charge is 2.49. The van der Waals surface area contributed by atoms with E-state index in [2.05, 4.69) is 19.2 Å². The van der Waals surface area contributed by atoms with Crippen LogP contribution < -0.4 is 11.1 Å². The van der Waals surface area contributed by atoms with E-state index in [9.17, 15) is 4.79 Å². The number of anilines is 1. The normalized spacial score (nSPS) is 24.0. The van der Waals surface area contributed by atoms with Gasteiger partial charge >= 0.3 is 0 Å². The van der Waals surface area contributed by atoms with Crippen molar-refractivity contribution >= 4 is 23.2 Å². The van der Waals surface area contributed by atoms with Crippen LogP contribution in [0, 0.1) is 5.41 Å². The second-order valence-electron chi connectivity index (χ2n) is 5.76. The summed E-state index contributed by atoms with van der Waals surface area (Å²) in [5.74, 6) is -0.125. The van der Waals surface area contributed by atoms with Crippen molar-refractivity contribution in [1.82, 2.24) is 5.32 Å². The average molecular weight is 297 g/mol. The highest BCUT2D eigenvalue weighted by Crippen LogP contribution is 2.42. The molecular formula is C15H21ClN2O2. The molecule has 0 spiro atoms. The molecule has 1 saturated carbocycles. The minimum Gasteiger partial charge on any atom is -0.398 e. The van der Waals surface area contributed by atoms with E-state index in [0.29, 0.717) is 22.9 Å². The van der Waals surface area contributed by atoms with Gasteiger partial charge in [-0.3, -0.25) is 4.79 Å². The molecule has 1 aliphatic carbocycles. The standard InChI is InChI=1S/C15H21ClN2O2/c1-4-20-13-8-12(15(13,2)3)18-14(19)9-5-6-11(17)10(16)7-9/h5-7,12-13H,4,8,17H2,1-3H3,(H,18,19). The summed E-state index contributed by atoms with van der Waals surface area (Å²) in [7, 11) is 0. The Morgan fingerprint density at radius 3 is 2.80 bits per heavy atom. The molecule has 110 valence electrons. The third kappa shape index (κ3) is 2.76. The van der Waals surface area contributed by atoms with E-state index >= 15 is 0 Å². The summed E-state index contributed by atoms with van der Waals surface area (Å²) < 4.78 is 5.66. The zero-order valence-electron chi connectivity index (χ0n) is 12.1. The number of hydrogen-bond donors (Lipinski definition) is 2. The van der Waals surface area contributed by atoms with Gasteiger partial charge in [-0.25, -0.2) is 0 Å². The number of hydrogen-bond acceptors (Lipinski definition) is 3. The molecule has 2 atom stereocenters. The van der Waals surface area contributed by atoms with Gasteiger partial charge < -0.3 is 15.8 Å². The smallest absolute Gasteiger partial charge is 0.251 e. The first-order chi connectivity index (χ1) is 9.36. The molecule has 0 radical (unpaired) electrons. The molecule has 2 unspecified atom stereocenters. The number of rotatable bonds is 4. The van der Waals surface area contributed by atoms with E-state index in [0.717, 1.165) is 6.42 Å². The number of nitrogens with two attached hydrogens (primary N) is 1. The van der Waals surface area contributed by atoms with Gasteiger partial charge in [0.1, 0.15) is 0 Å². The fourth-order valence-corrected chi connectivity index (χ4v) is 2.70. The maximum absolute atomic E-state index is 12.2. The molecule has 0 heterocycles. The summed E-state index contributed by atoms with van der Waals surface area (Å²) in [5.41, 5.74) is 6.59. The molecule has 0 aromatic heterocycles. The highest BCUT2D eigenvalue weighted by molar-refractivity contribution is 6.33. The van der Waals surface area contributed by atoms with Gasteiger partial charge in [0.05, 0.1) is 16.8 Å². The van der Waals surface area contributed by atoms with Gasteiger partial charge in [-0.1, -0.05) is 25.4 Å². The van der Waals surface area contributed by atoms with Gasteiger partial charge in [0.15, 0.2) is 0 Å². The largest absolute Gasteiger partial charge is 0.398 e. The van der Waals surface area contributed by atoms with Crippen LogP contribution in [-0.4, -0.2) is 24.7 Å². The lowest BCUT2D eigenvalue weighted by molar-refractivity contribution is -0.111. The van der Waals surface area contributed by atoms with Crippen LogP contribution in [0.5, 0.6) is 0 Å². The van der Waals surface area contributed by atoms with Gasteiger partial charge in [0, 0.05) is 23.6 Å². The van der Waals surface area contributed by atoms with Crippen LogP contribution >= 0.6 is 11.6 Å². The van der Waals surface area contributed by atoms with Crippen LogP contribution in [0.1, 0.15) is 37.6 Å². The van der Waals surface area contributed by atoms with Gasteiger partial charge in [0.2, 0.25) is 0 Å². The van der Waals surface area contributed by atoms with Crippen LogP contribution in [0.2, 0.25) is 5.02 Å². The summed E-state index contributed by atoms with van der Waals surface area (Å²) in [6.45, 7) is 6.90. The minimum atomic E-state index is -0.125. The molecule has 1 amide bonds. The predicted molar refractivity (Wildman–Crippen MR) is 80.9 cm³/mol. The van der Waals surface area contributed by atoms with Crippen LogP contribution in [-0.2, 0) is 4.74 Å². The Morgan fingerprint density at radius 1 is 1.55 bits per heavy atom. The lowest BCUT2D eigenvalue weighted by atomic mass is 9.64. The third-order valence-corrected chi connectivity index (χ3v) is 4.44. The quantitative estimate of drug-likeness (QED) is 0.840. The Kier molecular flexibility index (Phi) is 4.25. The average Bonchev–Trinajstić information content (AvgIpc) is 2.40. The first kappa shape index (κ1) is 15.1. The maximum atomic E-state index is 12.2. The Hall–Kier alpha value is -1.26. The monoisotopic (exact) mass is 296 g/mol. The van der Waals surface area contributed by atoms with Crippen molar-refractivity contribution in [1.29, 1.82) is 0 Å². The molecule has 1 aromatic carbocycles. The zero-order valence-corrected chi connectivity index (χ0v) is 12.8. The molecule has 0 saturated heterocycles. The molecule has 3 N–H and O–H groups in total. The lowest BCUT2D eigenvalue weighted by Crippen LogP contribution is -2.62. The summed E-state index contributed by atoms with van der Waals surface area (Å²) in [4.78, 5) is 12.2. The summed E-state index contributed by atoms with van der Waals surface area (Å²) >= 11 is 5.94. The Balaban J connectivity index is 2.01. The van der Waals surface area contributed by atoms with Gasteiger partial charge in [0.25, 0.3) is 5.91 Å². The molecule has 5 heteroatoms. The Bertz CT molecular complexity index is 517. The van der Waals surface area contributed by atoms with Crippen molar-refractivity contribution < 1.29 is 9.53 Å². The van der Waals surface area contributed by atoms with Crippen molar-refractivity contribution in [3.05, 3.63) is 28.8 Å². The first-order valence-corrected chi connectivity index (χ1v) is 7.21. The maximum Gasteiger partial charge on any atom is 0.251 e. The number of amides is 1. The predicted octanol–water partition coefficient (Wildman–Crippen LogP) is 2.86. The molecule has 0 aliphatic heterocycles. The van der Waals surface area contributed by atoms with Crippen molar-refractivity contribution in [2.75, 3.05) is 12.3 Å². The number of carbonyl (C=O) groups is 1. The van der Waals surface area contributed by atoms with E-state index in [4.69, 9.17) is 22.1 Å². The van der Waals surface area contributed by atoms with E-state index in [1.807, 2.05) is 6.92 Å². The molecule has 1 fully saturated rings. The van der Waals surface area contributed by atoms with Crippen molar-refractivity contribution in [3.63, 3.8) is 0 Å². The second-order valence-corrected chi connectivity index (χ2v) is 6.17. The van der Waals surface area contributed by atoms with Crippen LogP contribution in [0.15, 0.2) is 18.2 Å². The van der Waals surface area contributed by atoms with Crippen molar-refractivity contribution in [2.24, 2.45) is 5.41 Å². The van der Waals surface area contributed by atoms with Crippen molar-refractivity contribution in [2.45, 2.75) is 39.3 Å². The number of benzene rings is 1. The van der Waals surface area contributed by atoms with E-state index in [-0.39, 0.29) is 23.5 Å². The number of carbonyl (C=O) groups excluding carboxylic acids is 1. The van der Waals surface area contributed by atoms with Crippen LogP contribution in [0.25, 0.3) is 0 Å². The fourth-order valence-electron chi connectivity index (χ4n) is 2.52. The lowest BCUT2D eigenvalue weighted by Gasteiger charge is -2.51. The molecular weight excluding hydrogens is 276 g/mol. The second kappa shape index (κ2) is 5.62. The first-order valence-electron chi connectivity index (χ1n) is 6.83. The van der Waals surface area contributed by atoms with E-state index < -0.39 is 0 Å². The fraction of sp³-hybridized carbons (Fsp3) is 0.533. The summed E-state index contributed by atoms with van der Waals surface area (Å²) in [6.07, 6.45) is 1.04. The SMILES string of the molecule is CCOC1CC(NC(=O)c2ccc(N)c(Cl)c2)C1(C)C. The highest BCUT2D eigenvalue weighted by atomic mass is 35.5. The number of nitrogens with one attached hydrogen (secondary N) is 1. The van der Waals surface area contributed by atoms with E-state index in [1.165, 1.54) is 0 Å². The minimum absolute atomic E-state index is 0.0523. The molecule has 4 nitrogen and oxygen atoms in total. The molecule has 2 rings (SSSR count). The van der Waals surface area contributed by atoms with Gasteiger partial charge in [-0.05, 0) is 31.5 Å². The Morgan fingerprint density at radius 2 is 2.25 bits per heavy atom. The topological polar surface area (TPSA) is 64.3 Å². The summed E-state index contributed by atoms with van der Waals surface area (Å²) in [5, 5.41) is 3.44. The summed E-state index contributed by atoms with van der Waals surface area (Å²) in [6, 6.07) is 5.04. The zero-order chi connectivity index (χ0) is 14.9. The number of nitrogen functional groups attached to an aromatic ring is 1. The third-order valence-electron chi connectivity index (χ3n) is 4.11. The Labute approximate surface area is 124 Å². The van der Waals surface area contributed by atoms with Crippen molar-refractivity contribution in [3.8, 4) is 0 Å². The van der Waals surface area contributed by atoms with Crippen LogP contribution in [0.4, 0.5) is 5.69 Å². The van der Waals surface area contributed by atoms with Gasteiger partial charge in [-0.2, -0.15) is 0 Å². The molecule has 1 aliphatic rings. The molecule has 0 bridgehead atoms. The van der Waals surface area contributed by atoms with Gasteiger partial charge in [-0.15, -0.1) is 0 Å². The van der Waals surface area contributed by atoms with E-state index in [1.54, 1.807) is 18.2 Å². The molecule has 1 aromatic rings. The number of halogens is 1. The number of ether oxygens (including phenoxy) is 1. The van der Waals surface area contributed by atoms with Crippen LogP contribution in [0.3, 0.4) is 0 Å². The molecule has 20 heavy (non-hydrogen) atoms.